The molecule has 0 saturated carbocycles. The van der Waals surface area contributed by atoms with Crippen LogP contribution in [0.2, 0.25) is 5.02 Å². The quantitative estimate of drug-likeness (QED) is 0.534. The number of anilines is 2. The Labute approximate surface area is 159 Å². The van der Waals surface area contributed by atoms with Crippen LogP contribution in [0.25, 0.3) is 10.9 Å². The fraction of sp³-hybridized carbons (Fsp3) is 0.286. The molecule has 3 rings (SSSR count). The number of fused-ring (bicyclic) bond motifs is 1. The van der Waals surface area contributed by atoms with Crippen LogP contribution in [0.1, 0.15) is 25.8 Å². The van der Waals surface area contributed by atoms with Crippen molar-refractivity contribution in [3.63, 3.8) is 0 Å². The second-order valence-electron chi connectivity index (χ2n) is 6.36. The Morgan fingerprint density at radius 2 is 1.96 bits per heavy atom. The van der Waals surface area contributed by atoms with Crippen LogP contribution in [0.15, 0.2) is 48.7 Å². The molecule has 2 aromatic carbocycles. The fourth-order valence-corrected chi connectivity index (χ4v) is 3.25. The number of pyridine rings is 1. The predicted octanol–water partition coefficient (Wildman–Crippen LogP) is 5.57. The summed E-state index contributed by atoms with van der Waals surface area (Å²) in [5.41, 5.74) is 3.67. The Bertz CT molecular complexity index is 898. The lowest BCUT2D eigenvalue weighted by Gasteiger charge is -2.20. The molecule has 0 fully saturated rings. The lowest BCUT2D eigenvalue weighted by atomic mass is 10.1. The third-order valence-electron chi connectivity index (χ3n) is 4.44. The number of nitrogens with zero attached hydrogens (tertiary/aromatic N) is 2. The average Bonchev–Trinajstić information content (AvgIpc) is 2.64. The Kier molecular flexibility index (Phi) is 5.96. The van der Waals surface area contributed by atoms with Crippen molar-refractivity contribution in [3.05, 3.63) is 59.2 Å². The van der Waals surface area contributed by atoms with Crippen LogP contribution in [-0.4, -0.2) is 28.1 Å². The zero-order valence-electron chi connectivity index (χ0n) is 15.2. The molecule has 26 heavy (non-hydrogen) atoms. The zero-order chi connectivity index (χ0) is 18.5. The van der Waals surface area contributed by atoms with Crippen molar-refractivity contribution in [1.29, 1.82) is 0 Å². The molecule has 0 spiro atoms. The molecule has 0 aliphatic carbocycles. The number of phenols is 1. The highest BCUT2D eigenvalue weighted by atomic mass is 35.5. The van der Waals surface area contributed by atoms with Gasteiger partial charge in [-0.1, -0.05) is 25.4 Å². The van der Waals surface area contributed by atoms with Crippen molar-refractivity contribution in [2.24, 2.45) is 0 Å². The van der Waals surface area contributed by atoms with Crippen LogP contribution in [0.3, 0.4) is 0 Å². The summed E-state index contributed by atoms with van der Waals surface area (Å²) in [4.78, 5) is 6.70. The summed E-state index contributed by atoms with van der Waals surface area (Å²) in [5.74, 6) is 0.330. The van der Waals surface area contributed by atoms with E-state index in [4.69, 9.17) is 11.6 Å². The van der Waals surface area contributed by atoms with E-state index in [0.29, 0.717) is 10.8 Å². The molecule has 0 aliphatic rings. The molecule has 0 saturated heterocycles. The maximum atomic E-state index is 10.2. The lowest BCUT2D eigenvalue weighted by Crippen LogP contribution is -2.23. The maximum Gasteiger partial charge on any atom is 0.120 e. The lowest BCUT2D eigenvalue weighted by molar-refractivity contribution is 0.276. The van der Waals surface area contributed by atoms with Crippen molar-refractivity contribution in [2.75, 3.05) is 18.4 Å². The molecular weight excluding hydrogens is 346 g/mol. The van der Waals surface area contributed by atoms with Gasteiger partial charge in [0.05, 0.1) is 5.52 Å². The summed E-state index contributed by atoms with van der Waals surface area (Å²) >= 11 is 6.06. The van der Waals surface area contributed by atoms with Crippen molar-refractivity contribution < 1.29 is 5.11 Å². The normalized spacial score (nSPS) is 11.2. The summed E-state index contributed by atoms with van der Waals surface area (Å²) in [6, 6.07) is 13.3. The van der Waals surface area contributed by atoms with Crippen LogP contribution >= 0.6 is 11.6 Å². The monoisotopic (exact) mass is 369 g/mol. The van der Waals surface area contributed by atoms with Gasteiger partial charge in [-0.05, 0) is 62.0 Å². The van der Waals surface area contributed by atoms with Gasteiger partial charge >= 0.3 is 0 Å². The molecule has 0 radical (unpaired) electrons. The Morgan fingerprint density at radius 1 is 1.12 bits per heavy atom. The highest BCUT2D eigenvalue weighted by molar-refractivity contribution is 6.31. The number of hydrogen-bond donors (Lipinski definition) is 2. The van der Waals surface area contributed by atoms with Crippen molar-refractivity contribution in [1.82, 2.24) is 9.88 Å². The maximum absolute atomic E-state index is 10.2. The van der Waals surface area contributed by atoms with E-state index in [1.165, 1.54) is 0 Å². The van der Waals surface area contributed by atoms with Gasteiger partial charge in [0.15, 0.2) is 0 Å². The first-order valence-electron chi connectivity index (χ1n) is 8.96. The zero-order valence-corrected chi connectivity index (χ0v) is 15.9. The third kappa shape index (κ3) is 4.26. The van der Waals surface area contributed by atoms with Crippen LogP contribution in [0, 0.1) is 0 Å². The molecule has 1 aromatic heterocycles. The van der Waals surface area contributed by atoms with Crippen LogP contribution in [-0.2, 0) is 6.54 Å². The number of hydrogen-bond acceptors (Lipinski definition) is 4. The van der Waals surface area contributed by atoms with Gasteiger partial charge < -0.3 is 10.4 Å². The highest BCUT2D eigenvalue weighted by Gasteiger charge is 2.09. The fourth-order valence-electron chi connectivity index (χ4n) is 3.08. The van der Waals surface area contributed by atoms with Crippen molar-refractivity contribution in [3.8, 4) is 5.75 Å². The van der Waals surface area contributed by atoms with E-state index < -0.39 is 0 Å². The number of nitrogens with one attached hydrogen (secondary N) is 1. The molecule has 1 heterocycles. The summed E-state index contributed by atoms with van der Waals surface area (Å²) in [7, 11) is 0. The summed E-state index contributed by atoms with van der Waals surface area (Å²) in [6.45, 7) is 7.02. The van der Waals surface area contributed by atoms with Gasteiger partial charge in [0, 0.05) is 40.1 Å². The first kappa shape index (κ1) is 18.5. The Hall–Kier alpha value is -2.30. The molecule has 3 aromatic rings. The van der Waals surface area contributed by atoms with Gasteiger partial charge in [-0.25, -0.2) is 0 Å². The molecule has 2 N–H and O–H groups in total. The number of rotatable bonds is 7. The van der Waals surface area contributed by atoms with Gasteiger partial charge in [-0.15, -0.1) is 0 Å². The first-order chi connectivity index (χ1) is 12.6. The minimum Gasteiger partial charge on any atom is -0.508 e. The van der Waals surface area contributed by atoms with Crippen molar-refractivity contribution >= 4 is 33.9 Å². The Morgan fingerprint density at radius 3 is 2.73 bits per heavy atom. The minimum atomic E-state index is 0.330. The minimum absolute atomic E-state index is 0.330. The molecular formula is C21H24ClN3O. The SMILES string of the molecule is CCCN(CC)Cc1cc(Nc2ccnc3cc(Cl)ccc23)ccc1O. The Balaban J connectivity index is 1.88. The summed E-state index contributed by atoms with van der Waals surface area (Å²) in [6.07, 6.45) is 2.86. The van der Waals surface area contributed by atoms with E-state index >= 15 is 0 Å². The summed E-state index contributed by atoms with van der Waals surface area (Å²) < 4.78 is 0. The van der Waals surface area contributed by atoms with Crippen LogP contribution in [0.5, 0.6) is 5.75 Å². The smallest absolute Gasteiger partial charge is 0.120 e. The summed E-state index contributed by atoms with van der Waals surface area (Å²) in [5, 5.41) is 15.4. The van der Waals surface area contributed by atoms with E-state index in [1.807, 2.05) is 36.4 Å². The molecule has 4 nitrogen and oxygen atoms in total. The van der Waals surface area contributed by atoms with Gasteiger partial charge in [0.25, 0.3) is 0 Å². The number of halogens is 1. The molecule has 5 heteroatoms. The molecule has 0 bridgehead atoms. The number of aromatic nitrogens is 1. The van der Waals surface area contributed by atoms with Crippen molar-refractivity contribution in [2.45, 2.75) is 26.8 Å². The van der Waals surface area contributed by atoms with E-state index in [2.05, 4.69) is 29.0 Å². The average molecular weight is 370 g/mol. The second-order valence-corrected chi connectivity index (χ2v) is 6.79. The topological polar surface area (TPSA) is 48.4 Å². The standard InChI is InChI=1S/C21H24ClN3O/c1-3-11-25(4-2)14-15-12-17(6-8-21(15)26)24-19-9-10-23-20-13-16(22)5-7-18(19)20/h5-10,12-13,26H,3-4,11,14H2,1-2H3,(H,23,24). The van der Waals surface area contributed by atoms with Gasteiger partial charge in [-0.2, -0.15) is 0 Å². The van der Waals surface area contributed by atoms with Gasteiger partial charge in [0.2, 0.25) is 0 Å². The number of benzene rings is 2. The predicted molar refractivity (Wildman–Crippen MR) is 109 cm³/mol. The van der Waals surface area contributed by atoms with E-state index in [1.54, 1.807) is 12.3 Å². The molecule has 0 atom stereocenters. The number of phenolic OH excluding ortho intramolecular Hbond substituents is 1. The van der Waals surface area contributed by atoms with E-state index in [-0.39, 0.29) is 0 Å². The van der Waals surface area contributed by atoms with Gasteiger partial charge in [0.1, 0.15) is 5.75 Å². The first-order valence-corrected chi connectivity index (χ1v) is 9.34. The van der Waals surface area contributed by atoms with E-state index in [9.17, 15) is 5.11 Å². The number of aromatic hydroxyl groups is 1. The molecule has 0 unspecified atom stereocenters. The third-order valence-corrected chi connectivity index (χ3v) is 4.68. The molecule has 136 valence electrons. The van der Waals surface area contributed by atoms with Crippen LogP contribution in [0.4, 0.5) is 11.4 Å². The molecule has 0 aliphatic heterocycles. The highest BCUT2D eigenvalue weighted by Crippen LogP contribution is 2.29. The van der Waals surface area contributed by atoms with Crippen LogP contribution < -0.4 is 5.32 Å². The largest absolute Gasteiger partial charge is 0.508 e. The van der Waals surface area contributed by atoms with Gasteiger partial charge in [-0.3, -0.25) is 9.88 Å². The molecule has 0 amide bonds. The second kappa shape index (κ2) is 8.39. The van der Waals surface area contributed by atoms with E-state index in [0.717, 1.165) is 53.9 Å².